The molecule has 0 saturated heterocycles. The molecule has 4 heteroatoms. The fraction of sp³-hybridized carbons (Fsp3) is 0.267. The summed E-state index contributed by atoms with van der Waals surface area (Å²) in [6.07, 6.45) is 1.45. The Kier molecular flexibility index (Phi) is 2.26. The molecule has 0 spiro atoms. The first-order chi connectivity index (χ1) is 8.93. The van der Waals surface area contributed by atoms with E-state index in [2.05, 4.69) is 9.97 Å². The number of aryl methyl sites for hydroxylation is 1. The Bertz CT molecular complexity index is 705. The highest BCUT2D eigenvalue weighted by atomic mass is 16.1. The minimum Gasteiger partial charge on any atom is -0.383 e. The van der Waals surface area contributed by atoms with Gasteiger partial charge in [0.2, 0.25) is 0 Å². The first kappa shape index (κ1) is 11.8. The molecule has 96 valence electrons. The van der Waals surface area contributed by atoms with Gasteiger partial charge in [-0.15, -0.1) is 0 Å². The van der Waals surface area contributed by atoms with Gasteiger partial charge in [0.25, 0.3) is 0 Å². The smallest absolute Gasteiger partial charge is 0.173 e. The molecule has 3 rings (SSSR count). The molecule has 0 atom stereocenters. The van der Waals surface area contributed by atoms with E-state index in [1.54, 1.807) is 0 Å². The molecule has 2 N–H and O–H groups in total. The normalized spacial score (nSPS) is 15.8. The summed E-state index contributed by atoms with van der Waals surface area (Å²) in [5, 5.41) is 0. The first-order valence-corrected chi connectivity index (χ1v) is 6.19. The van der Waals surface area contributed by atoms with Crippen molar-refractivity contribution in [2.75, 3.05) is 5.73 Å². The molecule has 1 aliphatic carbocycles. The lowest BCUT2D eigenvalue weighted by atomic mass is 9.70. The molecule has 2 aromatic rings. The molecule has 0 unspecified atom stereocenters. The molecule has 0 amide bonds. The zero-order valence-corrected chi connectivity index (χ0v) is 11.2. The van der Waals surface area contributed by atoms with Gasteiger partial charge in [0.05, 0.1) is 11.1 Å². The summed E-state index contributed by atoms with van der Waals surface area (Å²) in [5.41, 5.74) is 9.40. The van der Waals surface area contributed by atoms with Crippen LogP contribution in [-0.2, 0) is 5.41 Å². The quantitative estimate of drug-likeness (QED) is 0.783. The Balaban J connectivity index is 2.44. The van der Waals surface area contributed by atoms with Crippen LogP contribution in [0.2, 0.25) is 0 Å². The maximum Gasteiger partial charge on any atom is 0.173 e. The van der Waals surface area contributed by atoms with Gasteiger partial charge in [0, 0.05) is 16.7 Å². The number of hydrogen-bond donors (Lipinski definition) is 1. The number of rotatable bonds is 0. The largest absolute Gasteiger partial charge is 0.383 e. The summed E-state index contributed by atoms with van der Waals surface area (Å²) >= 11 is 0. The average Bonchev–Trinajstić information content (AvgIpc) is 2.36. The minimum absolute atomic E-state index is 0.0696. The third-order valence-corrected chi connectivity index (χ3v) is 3.74. The van der Waals surface area contributed by atoms with Crippen LogP contribution in [0.15, 0.2) is 24.5 Å². The number of nitrogen functional groups attached to an aromatic ring is 1. The van der Waals surface area contributed by atoms with Crippen LogP contribution < -0.4 is 5.73 Å². The van der Waals surface area contributed by atoms with Crippen molar-refractivity contribution in [2.45, 2.75) is 26.2 Å². The predicted molar refractivity (Wildman–Crippen MR) is 74.0 cm³/mol. The number of hydrogen-bond acceptors (Lipinski definition) is 4. The van der Waals surface area contributed by atoms with Gasteiger partial charge in [-0.05, 0) is 26.8 Å². The van der Waals surface area contributed by atoms with Crippen molar-refractivity contribution in [1.29, 1.82) is 0 Å². The standard InChI is InChI=1S/C15H15N3O/c1-8-4-5-9-10(6-8)13(19)15(2,3)11-12(9)17-7-18-14(11)16/h4-7H,1-3H3,(H2,16,17,18). The fourth-order valence-corrected chi connectivity index (χ4v) is 2.72. The van der Waals surface area contributed by atoms with Gasteiger partial charge in [0.15, 0.2) is 5.78 Å². The van der Waals surface area contributed by atoms with E-state index in [9.17, 15) is 4.79 Å². The summed E-state index contributed by atoms with van der Waals surface area (Å²) in [5.74, 6) is 0.453. The lowest BCUT2D eigenvalue weighted by Crippen LogP contribution is -2.35. The highest BCUT2D eigenvalue weighted by Crippen LogP contribution is 2.43. The second-order valence-corrected chi connectivity index (χ2v) is 5.49. The SMILES string of the molecule is Cc1ccc2c(c1)C(=O)C(C)(C)c1c(N)ncnc1-2. The van der Waals surface area contributed by atoms with Gasteiger partial charge >= 0.3 is 0 Å². The van der Waals surface area contributed by atoms with Crippen LogP contribution in [0.3, 0.4) is 0 Å². The van der Waals surface area contributed by atoms with Crippen molar-refractivity contribution in [3.05, 3.63) is 41.2 Å². The van der Waals surface area contributed by atoms with Crippen LogP contribution in [0.25, 0.3) is 11.3 Å². The Labute approximate surface area is 111 Å². The van der Waals surface area contributed by atoms with Crippen molar-refractivity contribution in [1.82, 2.24) is 9.97 Å². The Morgan fingerprint density at radius 2 is 1.89 bits per heavy atom. The van der Waals surface area contributed by atoms with E-state index in [-0.39, 0.29) is 5.78 Å². The van der Waals surface area contributed by atoms with Crippen molar-refractivity contribution >= 4 is 11.6 Å². The number of benzene rings is 1. The summed E-state index contributed by atoms with van der Waals surface area (Å²) < 4.78 is 0. The van der Waals surface area contributed by atoms with Gasteiger partial charge < -0.3 is 5.73 Å². The number of nitrogens with two attached hydrogens (primary N) is 1. The summed E-state index contributed by atoms with van der Waals surface area (Å²) in [6.45, 7) is 5.72. The van der Waals surface area contributed by atoms with Crippen LogP contribution >= 0.6 is 0 Å². The molecule has 1 aliphatic rings. The maximum absolute atomic E-state index is 12.7. The van der Waals surface area contributed by atoms with Gasteiger partial charge in [0.1, 0.15) is 12.1 Å². The Hall–Kier alpha value is -2.23. The zero-order valence-electron chi connectivity index (χ0n) is 11.2. The Morgan fingerprint density at radius 1 is 1.16 bits per heavy atom. The molecule has 1 heterocycles. The predicted octanol–water partition coefficient (Wildman–Crippen LogP) is 2.51. The van der Waals surface area contributed by atoms with Crippen LogP contribution in [-0.4, -0.2) is 15.8 Å². The molecule has 1 aromatic heterocycles. The van der Waals surface area contributed by atoms with Crippen LogP contribution in [0, 0.1) is 6.92 Å². The third kappa shape index (κ3) is 1.49. The highest BCUT2D eigenvalue weighted by Gasteiger charge is 2.41. The second-order valence-electron chi connectivity index (χ2n) is 5.49. The molecule has 19 heavy (non-hydrogen) atoms. The average molecular weight is 253 g/mol. The molecular formula is C15H15N3O. The molecule has 0 saturated carbocycles. The number of carbonyl (C=O) groups excluding carboxylic acids is 1. The van der Waals surface area contributed by atoms with E-state index in [0.29, 0.717) is 5.82 Å². The summed E-state index contributed by atoms with van der Waals surface area (Å²) in [4.78, 5) is 21.1. The lowest BCUT2D eigenvalue weighted by Gasteiger charge is -2.32. The molecule has 4 nitrogen and oxygen atoms in total. The van der Waals surface area contributed by atoms with Crippen molar-refractivity contribution < 1.29 is 4.79 Å². The number of carbonyl (C=O) groups is 1. The van der Waals surface area contributed by atoms with Gasteiger partial charge in [-0.3, -0.25) is 4.79 Å². The second kappa shape index (κ2) is 3.63. The monoisotopic (exact) mass is 253 g/mol. The van der Waals surface area contributed by atoms with E-state index in [4.69, 9.17) is 5.73 Å². The van der Waals surface area contributed by atoms with E-state index in [1.165, 1.54) is 6.33 Å². The molecule has 0 fully saturated rings. The van der Waals surface area contributed by atoms with Gasteiger partial charge in [-0.2, -0.15) is 0 Å². The number of Topliss-reactive ketones (excluding diaryl/α,β-unsaturated/α-hetero) is 1. The number of anilines is 1. The van der Waals surface area contributed by atoms with Crippen molar-refractivity contribution in [3.63, 3.8) is 0 Å². The molecule has 0 aliphatic heterocycles. The number of fused-ring (bicyclic) bond motifs is 3. The Morgan fingerprint density at radius 3 is 2.63 bits per heavy atom. The molecule has 1 aromatic carbocycles. The van der Waals surface area contributed by atoms with Gasteiger partial charge in [-0.25, -0.2) is 9.97 Å². The first-order valence-electron chi connectivity index (χ1n) is 6.19. The van der Waals surface area contributed by atoms with Gasteiger partial charge in [-0.1, -0.05) is 17.7 Å². The summed E-state index contributed by atoms with van der Waals surface area (Å²) in [6, 6.07) is 5.83. The number of aromatic nitrogens is 2. The fourth-order valence-electron chi connectivity index (χ4n) is 2.72. The number of ketones is 1. The van der Waals surface area contributed by atoms with Crippen molar-refractivity contribution in [2.24, 2.45) is 0 Å². The maximum atomic E-state index is 12.7. The summed E-state index contributed by atoms with van der Waals surface area (Å²) in [7, 11) is 0. The molecular weight excluding hydrogens is 238 g/mol. The molecule has 0 radical (unpaired) electrons. The minimum atomic E-state index is -0.693. The van der Waals surface area contributed by atoms with E-state index < -0.39 is 5.41 Å². The van der Waals surface area contributed by atoms with E-state index in [1.807, 2.05) is 39.0 Å². The zero-order chi connectivity index (χ0) is 13.8. The van der Waals surface area contributed by atoms with E-state index in [0.717, 1.165) is 27.9 Å². The molecule has 0 bridgehead atoms. The van der Waals surface area contributed by atoms with E-state index >= 15 is 0 Å². The van der Waals surface area contributed by atoms with Crippen LogP contribution in [0.5, 0.6) is 0 Å². The van der Waals surface area contributed by atoms with Crippen molar-refractivity contribution in [3.8, 4) is 11.3 Å². The lowest BCUT2D eigenvalue weighted by molar-refractivity contribution is 0.0906. The van der Waals surface area contributed by atoms with Crippen LogP contribution in [0.4, 0.5) is 5.82 Å². The third-order valence-electron chi connectivity index (χ3n) is 3.74. The highest BCUT2D eigenvalue weighted by molar-refractivity contribution is 6.12. The van der Waals surface area contributed by atoms with Crippen LogP contribution in [0.1, 0.15) is 35.3 Å². The number of nitrogens with zero attached hydrogens (tertiary/aromatic N) is 2. The topological polar surface area (TPSA) is 68.9 Å².